The SMILES string of the molecule is Nc1ccc(Cl)cc1Cn1ccc(=O)c2ccccc21. The zero-order valence-corrected chi connectivity index (χ0v) is 11.5. The molecule has 3 aromatic rings. The van der Waals surface area contributed by atoms with Crippen molar-refractivity contribution < 1.29 is 0 Å². The molecular formula is C16H13ClN2O. The highest BCUT2D eigenvalue weighted by molar-refractivity contribution is 6.30. The van der Waals surface area contributed by atoms with Crippen molar-refractivity contribution in [2.75, 3.05) is 5.73 Å². The Morgan fingerprint density at radius 2 is 1.90 bits per heavy atom. The molecule has 1 heterocycles. The lowest BCUT2D eigenvalue weighted by Crippen LogP contribution is -2.09. The number of halogens is 1. The van der Waals surface area contributed by atoms with Gasteiger partial charge in [0.2, 0.25) is 0 Å². The number of pyridine rings is 1. The van der Waals surface area contributed by atoms with Crippen LogP contribution < -0.4 is 11.2 Å². The van der Waals surface area contributed by atoms with Crippen molar-refractivity contribution in [3.8, 4) is 0 Å². The molecule has 4 heteroatoms. The lowest BCUT2D eigenvalue weighted by atomic mass is 10.1. The van der Waals surface area contributed by atoms with E-state index in [4.69, 9.17) is 17.3 Å². The number of para-hydroxylation sites is 1. The molecule has 2 aromatic carbocycles. The van der Waals surface area contributed by atoms with Gasteiger partial charge in [0.05, 0.1) is 5.52 Å². The Kier molecular flexibility index (Phi) is 3.20. The minimum Gasteiger partial charge on any atom is -0.398 e. The molecule has 0 spiro atoms. The van der Waals surface area contributed by atoms with Crippen molar-refractivity contribution in [3.63, 3.8) is 0 Å². The van der Waals surface area contributed by atoms with Crippen LogP contribution in [0.1, 0.15) is 5.56 Å². The van der Waals surface area contributed by atoms with Crippen LogP contribution in [0.2, 0.25) is 5.02 Å². The first-order chi connectivity index (χ1) is 9.65. The summed E-state index contributed by atoms with van der Waals surface area (Å²) in [6, 6.07) is 14.5. The fraction of sp³-hybridized carbons (Fsp3) is 0.0625. The second kappa shape index (κ2) is 5.02. The van der Waals surface area contributed by atoms with Gasteiger partial charge < -0.3 is 10.3 Å². The summed E-state index contributed by atoms with van der Waals surface area (Å²) in [6.45, 7) is 0.577. The molecule has 2 N–H and O–H groups in total. The number of aromatic nitrogens is 1. The third kappa shape index (κ3) is 2.28. The number of anilines is 1. The molecule has 3 rings (SSSR count). The van der Waals surface area contributed by atoms with Crippen LogP contribution in [-0.4, -0.2) is 4.57 Å². The highest BCUT2D eigenvalue weighted by Gasteiger charge is 2.05. The minimum absolute atomic E-state index is 0.0240. The van der Waals surface area contributed by atoms with Gasteiger partial charge in [0.1, 0.15) is 0 Å². The lowest BCUT2D eigenvalue weighted by molar-refractivity contribution is 0.828. The fourth-order valence-corrected chi connectivity index (χ4v) is 2.49. The van der Waals surface area contributed by atoms with Crippen LogP contribution in [0.4, 0.5) is 5.69 Å². The van der Waals surface area contributed by atoms with Gasteiger partial charge in [-0.25, -0.2) is 0 Å². The van der Waals surface area contributed by atoms with Crippen LogP contribution in [0.25, 0.3) is 10.9 Å². The molecule has 1 aromatic heterocycles. The quantitative estimate of drug-likeness (QED) is 0.734. The largest absolute Gasteiger partial charge is 0.398 e. The summed E-state index contributed by atoms with van der Waals surface area (Å²) in [5, 5.41) is 1.36. The molecular weight excluding hydrogens is 272 g/mol. The van der Waals surface area contributed by atoms with Gasteiger partial charge in [-0.15, -0.1) is 0 Å². The molecule has 0 aliphatic heterocycles. The Hall–Kier alpha value is -2.26. The van der Waals surface area contributed by atoms with E-state index in [1.807, 2.05) is 34.9 Å². The number of nitrogens with zero attached hydrogens (tertiary/aromatic N) is 1. The smallest absolute Gasteiger partial charge is 0.189 e. The third-order valence-electron chi connectivity index (χ3n) is 3.33. The summed E-state index contributed by atoms with van der Waals surface area (Å²) in [4.78, 5) is 11.8. The molecule has 0 atom stereocenters. The average molecular weight is 285 g/mol. The average Bonchev–Trinajstić information content (AvgIpc) is 2.46. The first-order valence-electron chi connectivity index (χ1n) is 6.27. The first kappa shape index (κ1) is 12.8. The van der Waals surface area contributed by atoms with Gasteiger partial charge in [-0.1, -0.05) is 23.7 Å². The Labute approximate surface area is 121 Å². The number of hydrogen-bond donors (Lipinski definition) is 1. The number of nitrogen functional groups attached to an aromatic ring is 1. The molecule has 0 radical (unpaired) electrons. The molecule has 20 heavy (non-hydrogen) atoms. The first-order valence-corrected chi connectivity index (χ1v) is 6.65. The van der Waals surface area contributed by atoms with E-state index in [2.05, 4.69) is 0 Å². The monoisotopic (exact) mass is 284 g/mol. The maximum atomic E-state index is 11.8. The molecule has 100 valence electrons. The van der Waals surface area contributed by atoms with Gasteiger partial charge in [-0.2, -0.15) is 0 Å². The standard InChI is InChI=1S/C16H13ClN2O/c17-12-5-6-14(18)11(9-12)10-19-8-7-16(20)13-3-1-2-4-15(13)19/h1-9H,10,18H2. The van der Waals surface area contributed by atoms with E-state index in [9.17, 15) is 4.79 Å². The van der Waals surface area contributed by atoms with Crippen molar-refractivity contribution in [3.05, 3.63) is 75.5 Å². The van der Waals surface area contributed by atoms with E-state index < -0.39 is 0 Å². The fourth-order valence-electron chi connectivity index (χ4n) is 2.29. The molecule has 0 unspecified atom stereocenters. The van der Waals surface area contributed by atoms with Crippen LogP contribution >= 0.6 is 11.6 Å². The van der Waals surface area contributed by atoms with Crippen LogP contribution in [0.3, 0.4) is 0 Å². The highest BCUT2D eigenvalue weighted by Crippen LogP contribution is 2.20. The molecule has 0 bridgehead atoms. The van der Waals surface area contributed by atoms with E-state index >= 15 is 0 Å². The normalized spacial score (nSPS) is 10.8. The third-order valence-corrected chi connectivity index (χ3v) is 3.57. The van der Waals surface area contributed by atoms with Gasteiger partial charge in [0.15, 0.2) is 5.43 Å². The second-order valence-corrected chi connectivity index (χ2v) is 5.10. The minimum atomic E-state index is 0.0240. The maximum Gasteiger partial charge on any atom is 0.189 e. The Bertz CT molecular complexity index is 839. The summed E-state index contributed by atoms with van der Waals surface area (Å²) >= 11 is 6.01. The van der Waals surface area contributed by atoms with Crippen molar-refractivity contribution in [1.29, 1.82) is 0 Å². The van der Waals surface area contributed by atoms with E-state index in [1.165, 1.54) is 0 Å². The van der Waals surface area contributed by atoms with E-state index in [-0.39, 0.29) is 5.43 Å². The van der Waals surface area contributed by atoms with E-state index in [0.717, 1.165) is 11.1 Å². The van der Waals surface area contributed by atoms with E-state index in [1.54, 1.807) is 24.4 Å². The number of fused-ring (bicyclic) bond motifs is 1. The molecule has 0 fully saturated rings. The molecule has 3 nitrogen and oxygen atoms in total. The van der Waals surface area contributed by atoms with Crippen molar-refractivity contribution in [2.45, 2.75) is 6.54 Å². The Morgan fingerprint density at radius 1 is 1.10 bits per heavy atom. The highest BCUT2D eigenvalue weighted by atomic mass is 35.5. The zero-order chi connectivity index (χ0) is 14.1. The van der Waals surface area contributed by atoms with Crippen LogP contribution in [0, 0.1) is 0 Å². The Balaban J connectivity index is 2.14. The van der Waals surface area contributed by atoms with Crippen LogP contribution in [0.15, 0.2) is 59.5 Å². The lowest BCUT2D eigenvalue weighted by Gasteiger charge is -2.12. The van der Waals surface area contributed by atoms with Gasteiger partial charge in [-0.3, -0.25) is 4.79 Å². The maximum absolute atomic E-state index is 11.8. The predicted octanol–water partition coefficient (Wildman–Crippen LogP) is 3.29. The van der Waals surface area contributed by atoms with Crippen molar-refractivity contribution in [1.82, 2.24) is 4.57 Å². The summed E-state index contributed by atoms with van der Waals surface area (Å²) in [5.74, 6) is 0. The molecule has 0 amide bonds. The summed E-state index contributed by atoms with van der Waals surface area (Å²) in [7, 11) is 0. The summed E-state index contributed by atoms with van der Waals surface area (Å²) in [5.41, 5.74) is 8.52. The van der Waals surface area contributed by atoms with E-state index in [0.29, 0.717) is 22.6 Å². The summed E-state index contributed by atoms with van der Waals surface area (Å²) < 4.78 is 2.00. The van der Waals surface area contributed by atoms with Gasteiger partial charge >= 0.3 is 0 Å². The van der Waals surface area contributed by atoms with Crippen molar-refractivity contribution in [2.24, 2.45) is 0 Å². The van der Waals surface area contributed by atoms with Gasteiger partial charge in [0, 0.05) is 34.9 Å². The molecule has 0 saturated carbocycles. The summed E-state index contributed by atoms with van der Waals surface area (Å²) in [6.07, 6.45) is 1.78. The molecule has 0 aliphatic rings. The van der Waals surface area contributed by atoms with Crippen molar-refractivity contribution >= 4 is 28.2 Å². The number of nitrogens with two attached hydrogens (primary N) is 1. The predicted molar refractivity (Wildman–Crippen MR) is 83.2 cm³/mol. The number of rotatable bonds is 2. The number of hydrogen-bond acceptors (Lipinski definition) is 2. The van der Waals surface area contributed by atoms with Crippen LogP contribution in [-0.2, 0) is 6.54 Å². The number of benzene rings is 2. The Morgan fingerprint density at radius 3 is 2.75 bits per heavy atom. The molecule has 0 aliphatic carbocycles. The zero-order valence-electron chi connectivity index (χ0n) is 10.7. The van der Waals surface area contributed by atoms with Gasteiger partial charge in [-0.05, 0) is 35.9 Å². The molecule has 0 saturated heterocycles. The second-order valence-electron chi connectivity index (χ2n) is 4.67. The van der Waals surface area contributed by atoms with Crippen LogP contribution in [0.5, 0.6) is 0 Å². The topological polar surface area (TPSA) is 48.0 Å². The van der Waals surface area contributed by atoms with Gasteiger partial charge in [0.25, 0.3) is 0 Å².